The van der Waals surface area contributed by atoms with E-state index in [0.717, 1.165) is 19.3 Å². The van der Waals surface area contributed by atoms with Gasteiger partial charge in [0.25, 0.3) is 0 Å². The lowest BCUT2D eigenvalue weighted by Gasteiger charge is -2.33. The first kappa shape index (κ1) is 29.4. The maximum Gasteiger partial charge on any atom is 0.412 e. The summed E-state index contributed by atoms with van der Waals surface area (Å²) in [6, 6.07) is 2.40. The number of nitrogens with one attached hydrogen (secondary N) is 3. The summed E-state index contributed by atoms with van der Waals surface area (Å²) in [5.74, 6) is -0.915. The van der Waals surface area contributed by atoms with Crippen LogP contribution in [0.25, 0.3) is 0 Å². The van der Waals surface area contributed by atoms with Crippen molar-refractivity contribution in [2.75, 3.05) is 10.6 Å². The van der Waals surface area contributed by atoms with Gasteiger partial charge in [0.1, 0.15) is 6.10 Å². The van der Waals surface area contributed by atoms with Crippen molar-refractivity contribution in [2.24, 2.45) is 11.3 Å². The molecule has 1 aromatic carbocycles. The molecular formula is C24H38ClN3O6. The van der Waals surface area contributed by atoms with Crippen LogP contribution in [0.15, 0.2) is 12.1 Å². The third kappa shape index (κ3) is 11.4. The molecule has 1 atom stereocenters. The number of phenols is 1. The number of carboxylic acids is 1. The molecule has 1 aliphatic rings. The summed E-state index contributed by atoms with van der Waals surface area (Å²) >= 11 is 6.03. The fraction of sp³-hybridized carbons (Fsp3) is 0.625. The van der Waals surface area contributed by atoms with Crippen LogP contribution in [0.3, 0.4) is 0 Å². The normalized spacial score (nSPS) is 14.2. The van der Waals surface area contributed by atoms with Crippen molar-refractivity contribution in [3.63, 3.8) is 0 Å². The molecule has 1 saturated carbocycles. The van der Waals surface area contributed by atoms with Gasteiger partial charge in [-0.3, -0.25) is 10.1 Å². The number of amides is 3. The SMILES string of the molecule is CCC(C)OC(=O)Nc1cc(NC(=O)NC(C)(C)CC(C)(C)C)cc(Cl)c1O.O=C(O)C1CC1. The zero-order valence-electron chi connectivity index (χ0n) is 21.0. The Morgan fingerprint density at radius 2 is 1.74 bits per heavy atom. The number of aliphatic carboxylic acids is 1. The molecule has 1 aromatic rings. The molecule has 9 nitrogen and oxygen atoms in total. The maximum atomic E-state index is 12.4. The number of carbonyl (C=O) groups excluding carboxylic acids is 2. The molecule has 0 saturated heterocycles. The molecule has 192 valence electrons. The van der Waals surface area contributed by atoms with Gasteiger partial charge in [-0.05, 0) is 64.0 Å². The second kappa shape index (κ2) is 12.1. The zero-order valence-corrected chi connectivity index (χ0v) is 21.8. The Morgan fingerprint density at radius 3 is 2.18 bits per heavy atom. The van der Waals surface area contributed by atoms with Crippen LogP contribution in [0.5, 0.6) is 5.75 Å². The number of anilines is 2. The predicted octanol–water partition coefficient (Wildman–Crippen LogP) is 6.21. The van der Waals surface area contributed by atoms with E-state index in [2.05, 4.69) is 36.7 Å². The van der Waals surface area contributed by atoms with Gasteiger partial charge in [-0.15, -0.1) is 0 Å². The number of urea groups is 1. The van der Waals surface area contributed by atoms with Gasteiger partial charge < -0.3 is 25.6 Å². The number of ether oxygens (including phenoxy) is 1. The average Bonchev–Trinajstić information content (AvgIpc) is 3.48. The summed E-state index contributed by atoms with van der Waals surface area (Å²) in [6.07, 6.45) is 2.25. The van der Waals surface area contributed by atoms with E-state index in [1.165, 1.54) is 12.1 Å². The molecule has 1 unspecified atom stereocenters. The molecule has 2 rings (SSSR count). The Labute approximate surface area is 206 Å². The van der Waals surface area contributed by atoms with Crippen LogP contribution in [-0.4, -0.2) is 39.9 Å². The summed E-state index contributed by atoms with van der Waals surface area (Å²) in [4.78, 5) is 34.1. The van der Waals surface area contributed by atoms with Crippen molar-refractivity contribution in [1.29, 1.82) is 0 Å². The minimum absolute atomic E-state index is 0.00871. The van der Waals surface area contributed by atoms with Crippen LogP contribution < -0.4 is 16.0 Å². The van der Waals surface area contributed by atoms with Gasteiger partial charge in [0, 0.05) is 11.2 Å². The molecule has 3 amide bonds. The number of hydrogen-bond donors (Lipinski definition) is 5. The number of phenolic OH excluding ortho intramolecular Hbond substituents is 1. The Hall–Kier alpha value is -2.68. The number of rotatable bonds is 7. The molecule has 0 aliphatic heterocycles. The highest BCUT2D eigenvalue weighted by Crippen LogP contribution is 2.35. The summed E-state index contributed by atoms with van der Waals surface area (Å²) < 4.78 is 5.13. The van der Waals surface area contributed by atoms with E-state index in [9.17, 15) is 19.5 Å². The number of benzene rings is 1. The molecule has 0 radical (unpaired) electrons. The Balaban J connectivity index is 0.000000830. The van der Waals surface area contributed by atoms with Crippen molar-refractivity contribution >= 4 is 41.1 Å². The van der Waals surface area contributed by atoms with E-state index in [0.29, 0.717) is 12.1 Å². The van der Waals surface area contributed by atoms with Gasteiger partial charge in [-0.1, -0.05) is 39.3 Å². The van der Waals surface area contributed by atoms with E-state index in [-0.39, 0.29) is 33.9 Å². The van der Waals surface area contributed by atoms with Crippen LogP contribution in [0.2, 0.25) is 5.02 Å². The Morgan fingerprint density at radius 1 is 1.15 bits per heavy atom. The molecule has 0 spiro atoms. The molecule has 10 heteroatoms. The first-order valence-corrected chi connectivity index (χ1v) is 11.7. The smallest absolute Gasteiger partial charge is 0.412 e. The van der Waals surface area contributed by atoms with Crippen molar-refractivity contribution in [2.45, 2.75) is 85.8 Å². The molecule has 0 heterocycles. The Kier molecular flexibility index (Phi) is 10.5. The van der Waals surface area contributed by atoms with Gasteiger partial charge in [-0.25, -0.2) is 9.59 Å². The van der Waals surface area contributed by atoms with Gasteiger partial charge in [0.15, 0.2) is 5.75 Å². The molecule has 0 aromatic heterocycles. The fourth-order valence-electron chi connectivity index (χ4n) is 3.34. The monoisotopic (exact) mass is 499 g/mol. The number of carboxylic acid groups (broad SMARTS) is 1. The summed E-state index contributed by atoms with van der Waals surface area (Å²) in [7, 11) is 0. The summed E-state index contributed by atoms with van der Waals surface area (Å²) in [6.45, 7) is 13.8. The van der Waals surface area contributed by atoms with Gasteiger partial charge in [0.2, 0.25) is 0 Å². The van der Waals surface area contributed by atoms with Gasteiger partial charge in [-0.2, -0.15) is 0 Å². The lowest BCUT2D eigenvalue weighted by molar-refractivity contribution is -0.138. The average molecular weight is 500 g/mol. The first-order chi connectivity index (χ1) is 15.5. The van der Waals surface area contributed by atoms with E-state index in [1.54, 1.807) is 6.92 Å². The third-order valence-corrected chi connectivity index (χ3v) is 5.08. The molecule has 1 fully saturated rings. The van der Waals surface area contributed by atoms with Crippen LogP contribution in [0.1, 0.15) is 74.1 Å². The van der Waals surface area contributed by atoms with E-state index < -0.39 is 23.6 Å². The highest BCUT2D eigenvalue weighted by molar-refractivity contribution is 6.33. The minimum Gasteiger partial charge on any atom is -0.504 e. The summed E-state index contributed by atoms with van der Waals surface area (Å²) in [5.41, 5.74) is -0.00797. The van der Waals surface area contributed by atoms with Crippen molar-refractivity contribution < 1.29 is 29.3 Å². The lowest BCUT2D eigenvalue weighted by atomic mass is 9.82. The number of aromatic hydroxyl groups is 1. The largest absolute Gasteiger partial charge is 0.504 e. The topological polar surface area (TPSA) is 137 Å². The van der Waals surface area contributed by atoms with E-state index in [4.69, 9.17) is 21.4 Å². The highest BCUT2D eigenvalue weighted by Gasteiger charge is 2.29. The van der Waals surface area contributed by atoms with Crippen molar-refractivity contribution in [3.05, 3.63) is 17.2 Å². The van der Waals surface area contributed by atoms with Gasteiger partial charge >= 0.3 is 18.1 Å². The van der Waals surface area contributed by atoms with E-state index in [1.807, 2.05) is 20.8 Å². The van der Waals surface area contributed by atoms with Crippen molar-refractivity contribution in [1.82, 2.24) is 5.32 Å². The van der Waals surface area contributed by atoms with Crippen LogP contribution >= 0.6 is 11.6 Å². The van der Waals surface area contributed by atoms with Crippen LogP contribution in [-0.2, 0) is 9.53 Å². The fourth-order valence-corrected chi connectivity index (χ4v) is 3.56. The number of carbonyl (C=O) groups is 3. The second-order valence-corrected chi connectivity index (χ2v) is 10.8. The lowest BCUT2D eigenvalue weighted by Crippen LogP contribution is -2.47. The number of hydrogen-bond acceptors (Lipinski definition) is 5. The molecule has 1 aliphatic carbocycles. The van der Waals surface area contributed by atoms with Crippen LogP contribution in [0.4, 0.5) is 21.0 Å². The highest BCUT2D eigenvalue weighted by atomic mass is 35.5. The quantitative estimate of drug-likeness (QED) is 0.223. The maximum absolute atomic E-state index is 12.4. The summed E-state index contributed by atoms with van der Waals surface area (Å²) in [5, 5.41) is 26.2. The standard InChI is InChI=1S/C20H32ClN3O4.C4H6O2/c1-8-12(2)28-18(27)23-15-10-13(9-14(21)16(15)25)22-17(26)24-20(6,7)11-19(3,4)5;5-4(6)3-1-2-3/h9-10,12,25H,8,11H2,1-7H3,(H,23,27)(H2,22,24,26);3H,1-2H2,(H,5,6). The predicted molar refractivity (Wildman–Crippen MR) is 134 cm³/mol. The second-order valence-electron chi connectivity index (χ2n) is 10.4. The minimum atomic E-state index is -0.714. The molecular weight excluding hydrogens is 462 g/mol. The molecule has 0 bridgehead atoms. The molecule has 5 N–H and O–H groups in total. The van der Waals surface area contributed by atoms with Crippen molar-refractivity contribution in [3.8, 4) is 5.75 Å². The van der Waals surface area contributed by atoms with E-state index >= 15 is 0 Å². The zero-order chi connectivity index (χ0) is 26.3. The van der Waals surface area contributed by atoms with Crippen LogP contribution in [0, 0.1) is 11.3 Å². The Bertz CT molecular complexity index is 878. The molecule has 34 heavy (non-hydrogen) atoms. The third-order valence-electron chi connectivity index (χ3n) is 4.79. The van der Waals surface area contributed by atoms with Gasteiger partial charge in [0.05, 0.1) is 16.6 Å². The number of halogens is 1. The first-order valence-electron chi connectivity index (χ1n) is 11.3.